The van der Waals surface area contributed by atoms with Crippen molar-refractivity contribution in [1.82, 2.24) is 14.6 Å². The topological polar surface area (TPSA) is 107 Å². The lowest BCUT2D eigenvalue weighted by molar-refractivity contribution is -0.105. The van der Waals surface area contributed by atoms with E-state index in [1.165, 1.54) is 0 Å². The summed E-state index contributed by atoms with van der Waals surface area (Å²) in [5.41, 5.74) is 4.29. The summed E-state index contributed by atoms with van der Waals surface area (Å²) in [6.07, 6.45) is 6.14. The molecular formula is C37H36N4O5S. The fourth-order valence-corrected chi connectivity index (χ4v) is 6.33. The zero-order valence-corrected chi connectivity index (χ0v) is 26.8. The second-order valence-electron chi connectivity index (χ2n) is 11.4. The highest BCUT2D eigenvalue weighted by Crippen LogP contribution is 2.21. The van der Waals surface area contributed by atoms with Gasteiger partial charge in [0.05, 0.1) is 23.5 Å². The van der Waals surface area contributed by atoms with Crippen LogP contribution >= 0.6 is 0 Å². The Morgan fingerprint density at radius 3 is 2.36 bits per heavy atom. The van der Waals surface area contributed by atoms with Crippen molar-refractivity contribution in [2.45, 2.75) is 31.3 Å². The molecule has 0 aliphatic carbocycles. The van der Waals surface area contributed by atoms with Gasteiger partial charge in [0.2, 0.25) is 0 Å². The van der Waals surface area contributed by atoms with Gasteiger partial charge in [0.1, 0.15) is 5.75 Å². The number of aromatic nitrogens is 1. The maximum absolute atomic E-state index is 13.3. The minimum atomic E-state index is -1.52. The normalized spacial score (nSPS) is 16.8. The van der Waals surface area contributed by atoms with E-state index in [0.29, 0.717) is 42.9 Å². The number of nitrogens with one attached hydrogen (secondary N) is 1. The maximum Gasteiger partial charge on any atom is 0.292 e. The second-order valence-corrected chi connectivity index (χ2v) is 12.6. The molecule has 3 heterocycles. The molecule has 1 aromatic heterocycles. The van der Waals surface area contributed by atoms with E-state index in [1.54, 1.807) is 30.6 Å². The molecule has 240 valence electrons. The number of piperazine rings is 1. The van der Waals surface area contributed by atoms with Gasteiger partial charge in [0.15, 0.2) is 12.0 Å². The van der Waals surface area contributed by atoms with Gasteiger partial charge in [-0.15, -0.1) is 0 Å². The van der Waals surface area contributed by atoms with Crippen molar-refractivity contribution in [3.05, 3.63) is 125 Å². The number of benzene rings is 3. The van der Waals surface area contributed by atoms with Gasteiger partial charge >= 0.3 is 0 Å². The number of nitrogens with zero attached hydrogens (tertiary/aromatic N) is 3. The van der Waals surface area contributed by atoms with Crippen LogP contribution in [0.25, 0.3) is 0 Å². The Hall–Kier alpha value is -4.82. The zero-order chi connectivity index (χ0) is 32.4. The standard InChI is InChI=1S/C37H36N4O5S/c42-36(39-47(44)27-29-6-2-1-3-7-29)31-13-15-33(16-14-31)40-19-21-41(22-20-40)37(43)32-24-30(25-38-26-32)10-9-28-11-17-34(18-12-28)46-35-8-4-5-23-45-35/h1-3,6-7,11-18,24-26,35H,4-5,8,19-23,27H2,(H,39,42). The molecule has 0 spiro atoms. The van der Waals surface area contributed by atoms with Crippen LogP contribution in [0, 0.1) is 11.8 Å². The highest BCUT2D eigenvalue weighted by atomic mass is 32.2. The summed E-state index contributed by atoms with van der Waals surface area (Å²) in [5, 5.41) is 0. The van der Waals surface area contributed by atoms with Gasteiger partial charge in [-0.1, -0.05) is 42.2 Å². The first-order valence-corrected chi connectivity index (χ1v) is 17.0. The van der Waals surface area contributed by atoms with E-state index >= 15 is 0 Å². The number of pyridine rings is 1. The third kappa shape index (κ3) is 8.92. The van der Waals surface area contributed by atoms with Crippen LogP contribution in [0.4, 0.5) is 5.69 Å². The molecular weight excluding hydrogens is 612 g/mol. The lowest BCUT2D eigenvalue weighted by Crippen LogP contribution is -2.48. The van der Waals surface area contributed by atoms with Crippen LogP contribution in [0.3, 0.4) is 0 Å². The van der Waals surface area contributed by atoms with Crippen LogP contribution in [0.2, 0.25) is 0 Å². The molecule has 0 saturated carbocycles. The van der Waals surface area contributed by atoms with Crippen LogP contribution in [0.1, 0.15) is 56.7 Å². The van der Waals surface area contributed by atoms with Gasteiger partial charge in [-0.25, -0.2) is 0 Å². The predicted molar refractivity (Wildman–Crippen MR) is 181 cm³/mol. The van der Waals surface area contributed by atoms with Crippen LogP contribution in [-0.2, 0) is 21.9 Å². The van der Waals surface area contributed by atoms with Crippen molar-refractivity contribution in [3.8, 4) is 17.6 Å². The lowest BCUT2D eigenvalue weighted by atomic mass is 10.1. The molecule has 9 nitrogen and oxygen atoms in total. The molecule has 2 atom stereocenters. The van der Waals surface area contributed by atoms with Crippen molar-refractivity contribution < 1.29 is 23.6 Å². The molecule has 2 aliphatic heterocycles. The van der Waals surface area contributed by atoms with E-state index in [2.05, 4.69) is 26.4 Å². The second kappa shape index (κ2) is 15.6. The van der Waals surface area contributed by atoms with Gasteiger partial charge in [0.25, 0.3) is 11.8 Å². The highest BCUT2D eigenvalue weighted by molar-refractivity contribution is 7.89. The number of ether oxygens (including phenoxy) is 2. The number of hydrogen-bond donors (Lipinski definition) is 1. The lowest BCUT2D eigenvalue weighted by Gasteiger charge is -2.36. The summed E-state index contributed by atoms with van der Waals surface area (Å²) >= 11 is -1.52. The number of amides is 2. The molecule has 6 rings (SSSR count). The van der Waals surface area contributed by atoms with Crippen LogP contribution in [-0.4, -0.2) is 65.3 Å². The Bertz CT molecular complexity index is 1710. The summed E-state index contributed by atoms with van der Waals surface area (Å²) in [5.74, 6) is 6.81. The molecule has 0 radical (unpaired) electrons. The summed E-state index contributed by atoms with van der Waals surface area (Å²) < 4.78 is 26.5. The molecule has 0 bridgehead atoms. The number of anilines is 1. The van der Waals surface area contributed by atoms with Crippen LogP contribution in [0.15, 0.2) is 97.3 Å². The Morgan fingerprint density at radius 2 is 1.64 bits per heavy atom. The van der Waals surface area contributed by atoms with Crippen molar-refractivity contribution in [3.63, 3.8) is 0 Å². The summed E-state index contributed by atoms with van der Waals surface area (Å²) in [6, 6.07) is 26.0. The smallest absolute Gasteiger partial charge is 0.292 e. The molecule has 3 aromatic carbocycles. The third-order valence-corrected chi connectivity index (χ3v) is 9.01. The van der Waals surface area contributed by atoms with Gasteiger partial charge in [-0.2, -0.15) is 4.72 Å². The van der Waals surface area contributed by atoms with E-state index in [0.717, 1.165) is 48.4 Å². The first kappa shape index (κ1) is 32.1. The van der Waals surface area contributed by atoms with Gasteiger partial charge in [-0.3, -0.25) is 14.6 Å². The average Bonchev–Trinajstić information content (AvgIpc) is 3.12. The molecule has 4 aromatic rings. The summed E-state index contributed by atoms with van der Waals surface area (Å²) in [7, 11) is 0. The van der Waals surface area contributed by atoms with Gasteiger partial charge in [0, 0.05) is 72.9 Å². The van der Waals surface area contributed by atoms with Crippen molar-refractivity contribution in [2.24, 2.45) is 0 Å². The van der Waals surface area contributed by atoms with Crippen LogP contribution in [0.5, 0.6) is 5.75 Å². The number of carbonyl (C=O) groups excluding carboxylic acids is 2. The van der Waals surface area contributed by atoms with Crippen molar-refractivity contribution in [2.75, 3.05) is 37.7 Å². The van der Waals surface area contributed by atoms with E-state index in [-0.39, 0.29) is 23.9 Å². The minimum absolute atomic E-state index is 0.0808. The van der Waals surface area contributed by atoms with Gasteiger partial charge in [-0.05, 0) is 67.4 Å². The molecule has 2 aliphatic rings. The number of carbonyl (C=O) groups is 2. The van der Waals surface area contributed by atoms with Crippen LogP contribution < -0.4 is 14.4 Å². The Morgan fingerprint density at radius 1 is 0.894 bits per heavy atom. The van der Waals surface area contributed by atoms with Gasteiger partial charge < -0.3 is 23.8 Å². The van der Waals surface area contributed by atoms with E-state index in [9.17, 15) is 14.1 Å². The SMILES string of the molecule is O=C(N[S+]([O-])Cc1ccccc1)c1ccc(N2CCN(C(=O)c3cncc(C#Cc4ccc(OC5CCCCO5)cc4)c3)CC2)cc1. The number of hydrogen-bond acceptors (Lipinski definition) is 7. The van der Waals surface area contributed by atoms with E-state index < -0.39 is 11.4 Å². The van der Waals surface area contributed by atoms with E-state index in [1.807, 2.05) is 71.6 Å². The Kier molecular flexibility index (Phi) is 10.7. The largest absolute Gasteiger partial charge is 0.593 e. The quantitative estimate of drug-likeness (QED) is 0.213. The Labute approximate surface area is 278 Å². The summed E-state index contributed by atoms with van der Waals surface area (Å²) in [4.78, 5) is 34.2. The predicted octanol–water partition coefficient (Wildman–Crippen LogP) is 4.94. The monoisotopic (exact) mass is 648 g/mol. The molecule has 47 heavy (non-hydrogen) atoms. The molecule has 2 fully saturated rings. The minimum Gasteiger partial charge on any atom is -0.593 e. The first-order valence-electron chi connectivity index (χ1n) is 15.7. The zero-order valence-electron chi connectivity index (χ0n) is 26.0. The number of rotatable bonds is 8. The molecule has 10 heteroatoms. The highest BCUT2D eigenvalue weighted by Gasteiger charge is 2.23. The van der Waals surface area contributed by atoms with Crippen molar-refractivity contribution in [1.29, 1.82) is 0 Å². The molecule has 1 N–H and O–H groups in total. The molecule has 2 amide bonds. The summed E-state index contributed by atoms with van der Waals surface area (Å²) in [6.45, 7) is 3.14. The van der Waals surface area contributed by atoms with E-state index in [4.69, 9.17) is 9.47 Å². The third-order valence-electron chi connectivity index (χ3n) is 8.00. The fourth-order valence-electron chi connectivity index (χ4n) is 5.44. The Balaban J connectivity index is 0.985. The first-order chi connectivity index (χ1) is 23.0. The molecule has 2 saturated heterocycles. The van der Waals surface area contributed by atoms with Crippen molar-refractivity contribution >= 4 is 28.9 Å². The average molecular weight is 649 g/mol. The fraction of sp³-hybridized carbons (Fsp3) is 0.270. The molecule has 2 unspecified atom stereocenters. The maximum atomic E-state index is 13.3.